The summed E-state index contributed by atoms with van der Waals surface area (Å²) in [5.74, 6) is 0.00461. The van der Waals surface area contributed by atoms with Gasteiger partial charge in [-0.15, -0.1) is 0 Å². The van der Waals surface area contributed by atoms with Crippen LogP contribution in [0.5, 0.6) is 0 Å². The Hall–Kier alpha value is -1.95. The van der Waals surface area contributed by atoms with Crippen LogP contribution in [0.3, 0.4) is 0 Å². The van der Waals surface area contributed by atoms with E-state index in [0.29, 0.717) is 12.4 Å². The van der Waals surface area contributed by atoms with Crippen LogP contribution in [0.15, 0.2) is 12.1 Å². The van der Waals surface area contributed by atoms with Crippen LogP contribution in [0.1, 0.15) is 57.2 Å². The number of hydrogen-bond donors (Lipinski definition) is 3. The molecule has 3 N–H and O–H groups in total. The lowest BCUT2D eigenvalue weighted by atomic mass is 9.76. The highest BCUT2D eigenvalue weighted by atomic mass is 19.1. The normalized spacial score (nSPS) is 20.4. The Kier molecular flexibility index (Phi) is 4.70. The number of anilines is 1. The fraction of sp³-hybridized carbons (Fsp3) is 0.619. The molecule has 27 heavy (non-hydrogen) atoms. The largest absolute Gasteiger partial charge is 0.396 e. The molecule has 2 aromatic rings. The van der Waals surface area contributed by atoms with Crippen LogP contribution in [0, 0.1) is 16.8 Å². The van der Waals surface area contributed by atoms with Crippen LogP contribution in [-0.2, 0) is 12.8 Å². The molecule has 0 atom stereocenters. The average molecular weight is 372 g/mol. The van der Waals surface area contributed by atoms with Crippen molar-refractivity contribution in [3.05, 3.63) is 29.3 Å². The summed E-state index contributed by atoms with van der Waals surface area (Å²) in [5, 5.41) is 20.7. The number of pyridine rings is 1. The van der Waals surface area contributed by atoms with Gasteiger partial charge in [-0.2, -0.15) is 9.49 Å². The molecular weight excluding hydrogens is 343 g/mol. The van der Waals surface area contributed by atoms with E-state index in [9.17, 15) is 9.50 Å². The molecule has 4 rings (SSSR count). The molecule has 0 bridgehead atoms. The van der Waals surface area contributed by atoms with Gasteiger partial charge in [0, 0.05) is 34.8 Å². The van der Waals surface area contributed by atoms with Crippen LogP contribution < -0.4 is 5.32 Å². The smallest absolute Gasteiger partial charge is 0.215 e. The summed E-state index contributed by atoms with van der Waals surface area (Å²) in [7, 11) is 0. The molecule has 6 heteroatoms. The Morgan fingerprint density at radius 2 is 2.00 bits per heavy atom. The third kappa shape index (κ3) is 3.72. The SMILES string of the molecule is CC1(C)CCc2c(-c3cc(F)nc(NCC4(CO)CCCC4)c3)n[nH]c2C1. The van der Waals surface area contributed by atoms with Crippen LogP contribution in [0.2, 0.25) is 0 Å². The third-order valence-corrected chi connectivity index (χ3v) is 6.37. The van der Waals surface area contributed by atoms with Gasteiger partial charge in [-0.25, -0.2) is 4.98 Å². The molecule has 0 amide bonds. The highest BCUT2D eigenvalue weighted by molar-refractivity contribution is 5.67. The van der Waals surface area contributed by atoms with Gasteiger partial charge in [-0.05, 0) is 43.6 Å². The van der Waals surface area contributed by atoms with E-state index in [1.54, 1.807) is 0 Å². The minimum Gasteiger partial charge on any atom is -0.396 e. The number of hydrogen-bond acceptors (Lipinski definition) is 4. The summed E-state index contributed by atoms with van der Waals surface area (Å²) >= 11 is 0. The first kappa shape index (κ1) is 18.4. The Labute approximate surface area is 159 Å². The maximum Gasteiger partial charge on any atom is 0.215 e. The van der Waals surface area contributed by atoms with Crippen LogP contribution in [0.4, 0.5) is 10.2 Å². The Balaban J connectivity index is 1.58. The second-order valence-electron chi connectivity index (χ2n) is 9.15. The van der Waals surface area contributed by atoms with E-state index in [0.717, 1.165) is 61.9 Å². The van der Waals surface area contributed by atoms with Crippen molar-refractivity contribution < 1.29 is 9.50 Å². The lowest BCUT2D eigenvalue weighted by Crippen LogP contribution is -2.30. The highest BCUT2D eigenvalue weighted by Gasteiger charge is 2.33. The molecule has 0 spiro atoms. The second kappa shape index (κ2) is 6.89. The van der Waals surface area contributed by atoms with Gasteiger partial charge in [0.15, 0.2) is 0 Å². The molecule has 0 unspecified atom stereocenters. The molecular formula is C21H29FN4O. The topological polar surface area (TPSA) is 73.8 Å². The predicted octanol–water partition coefficient (Wildman–Crippen LogP) is 4.09. The van der Waals surface area contributed by atoms with Crippen molar-refractivity contribution in [2.24, 2.45) is 10.8 Å². The van der Waals surface area contributed by atoms with Crippen LogP contribution >= 0.6 is 0 Å². The number of halogens is 1. The zero-order chi connectivity index (χ0) is 19.1. The van der Waals surface area contributed by atoms with E-state index in [-0.39, 0.29) is 17.4 Å². The summed E-state index contributed by atoms with van der Waals surface area (Å²) in [5.41, 5.74) is 4.12. The van der Waals surface area contributed by atoms with Gasteiger partial charge in [-0.3, -0.25) is 5.10 Å². The van der Waals surface area contributed by atoms with Crippen molar-refractivity contribution in [2.75, 3.05) is 18.5 Å². The third-order valence-electron chi connectivity index (χ3n) is 6.37. The lowest BCUT2D eigenvalue weighted by Gasteiger charge is -2.29. The summed E-state index contributed by atoms with van der Waals surface area (Å²) in [6.07, 6.45) is 7.30. The molecule has 2 aliphatic carbocycles. The average Bonchev–Trinajstić information content (AvgIpc) is 3.26. The number of nitrogens with one attached hydrogen (secondary N) is 2. The van der Waals surface area contributed by atoms with Gasteiger partial charge < -0.3 is 10.4 Å². The van der Waals surface area contributed by atoms with Gasteiger partial charge in [0.2, 0.25) is 5.95 Å². The Bertz CT molecular complexity index is 824. The van der Waals surface area contributed by atoms with Gasteiger partial charge in [0.25, 0.3) is 0 Å². The quantitative estimate of drug-likeness (QED) is 0.691. The number of aromatic nitrogens is 3. The summed E-state index contributed by atoms with van der Waals surface area (Å²) in [6.45, 7) is 5.31. The van der Waals surface area contributed by atoms with Crippen molar-refractivity contribution >= 4 is 5.82 Å². The Morgan fingerprint density at radius 3 is 2.74 bits per heavy atom. The van der Waals surface area contributed by atoms with Crippen molar-refractivity contribution in [2.45, 2.75) is 58.8 Å². The number of aromatic amines is 1. The van der Waals surface area contributed by atoms with Crippen molar-refractivity contribution in [3.8, 4) is 11.3 Å². The fourth-order valence-electron chi connectivity index (χ4n) is 4.60. The van der Waals surface area contributed by atoms with Gasteiger partial charge in [0.1, 0.15) is 5.82 Å². The molecule has 2 aromatic heterocycles. The van der Waals surface area contributed by atoms with E-state index in [4.69, 9.17) is 0 Å². The van der Waals surface area contributed by atoms with E-state index >= 15 is 0 Å². The van der Waals surface area contributed by atoms with Gasteiger partial charge in [-0.1, -0.05) is 26.7 Å². The lowest BCUT2D eigenvalue weighted by molar-refractivity contribution is 0.142. The summed E-state index contributed by atoms with van der Waals surface area (Å²) in [6, 6.07) is 3.33. The first-order chi connectivity index (χ1) is 12.9. The zero-order valence-corrected chi connectivity index (χ0v) is 16.2. The van der Waals surface area contributed by atoms with Crippen molar-refractivity contribution in [3.63, 3.8) is 0 Å². The fourth-order valence-corrected chi connectivity index (χ4v) is 4.60. The summed E-state index contributed by atoms with van der Waals surface area (Å²) < 4.78 is 14.2. The second-order valence-corrected chi connectivity index (χ2v) is 9.15. The highest BCUT2D eigenvalue weighted by Crippen LogP contribution is 2.39. The molecule has 0 aliphatic heterocycles. The molecule has 0 saturated heterocycles. The Morgan fingerprint density at radius 1 is 1.22 bits per heavy atom. The zero-order valence-electron chi connectivity index (χ0n) is 16.2. The molecule has 1 fully saturated rings. The minimum absolute atomic E-state index is 0.106. The molecule has 2 heterocycles. The van der Waals surface area contributed by atoms with E-state index in [2.05, 4.69) is 34.3 Å². The number of rotatable bonds is 5. The van der Waals surface area contributed by atoms with Crippen LogP contribution in [0.25, 0.3) is 11.3 Å². The monoisotopic (exact) mass is 372 g/mol. The molecule has 146 valence electrons. The van der Waals surface area contributed by atoms with E-state index < -0.39 is 5.95 Å². The van der Waals surface area contributed by atoms with Gasteiger partial charge in [0.05, 0.1) is 12.3 Å². The maximum atomic E-state index is 14.2. The molecule has 1 saturated carbocycles. The minimum atomic E-state index is -0.507. The van der Waals surface area contributed by atoms with Gasteiger partial charge >= 0.3 is 0 Å². The van der Waals surface area contributed by atoms with E-state index in [1.807, 2.05) is 6.07 Å². The standard InChI is InChI=1S/C21H29FN4O/c1-20(2)8-5-15-16(11-20)25-26-19(15)14-9-17(22)24-18(10-14)23-12-21(13-27)6-3-4-7-21/h9-10,27H,3-8,11-13H2,1-2H3,(H,23,24)(H,25,26). The number of aliphatic hydroxyl groups excluding tert-OH is 1. The number of aliphatic hydroxyl groups is 1. The number of nitrogens with zero attached hydrogens (tertiary/aromatic N) is 2. The predicted molar refractivity (Wildman–Crippen MR) is 104 cm³/mol. The first-order valence-corrected chi connectivity index (χ1v) is 9.99. The van der Waals surface area contributed by atoms with Crippen molar-refractivity contribution in [1.82, 2.24) is 15.2 Å². The molecule has 0 radical (unpaired) electrons. The summed E-state index contributed by atoms with van der Waals surface area (Å²) in [4.78, 5) is 4.01. The number of H-pyrrole nitrogens is 1. The first-order valence-electron chi connectivity index (χ1n) is 9.99. The number of fused-ring (bicyclic) bond motifs is 1. The molecule has 5 nitrogen and oxygen atoms in total. The molecule has 2 aliphatic rings. The van der Waals surface area contributed by atoms with Crippen LogP contribution in [-0.4, -0.2) is 33.4 Å². The van der Waals surface area contributed by atoms with Crippen molar-refractivity contribution in [1.29, 1.82) is 0 Å². The maximum absolute atomic E-state index is 14.2. The van der Waals surface area contributed by atoms with E-state index in [1.165, 1.54) is 11.6 Å². The molecule has 0 aromatic carbocycles.